The Labute approximate surface area is 215 Å². The molecule has 0 spiro atoms. The van der Waals surface area contributed by atoms with Gasteiger partial charge in [-0.25, -0.2) is 0 Å². The molecule has 2 heterocycles. The maximum absolute atomic E-state index is 13.6. The fraction of sp³-hybridized carbons (Fsp3) is 0.172. The van der Waals surface area contributed by atoms with Crippen molar-refractivity contribution in [2.24, 2.45) is 0 Å². The van der Waals surface area contributed by atoms with Crippen LogP contribution in [-0.4, -0.2) is 25.0 Å². The summed E-state index contributed by atoms with van der Waals surface area (Å²) in [6.45, 7) is 0.372. The summed E-state index contributed by atoms with van der Waals surface area (Å²) in [6.07, 6.45) is 3.73. The lowest BCUT2D eigenvalue weighted by Gasteiger charge is -2.38. The van der Waals surface area contributed by atoms with Crippen molar-refractivity contribution in [2.45, 2.75) is 19.1 Å². The largest absolute Gasteiger partial charge is 0.493 e. The lowest BCUT2D eigenvalue weighted by Crippen LogP contribution is -2.41. The van der Waals surface area contributed by atoms with Gasteiger partial charge in [0.15, 0.2) is 11.5 Å². The highest BCUT2D eigenvalue weighted by Crippen LogP contribution is 2.43. The SMILES string of the molecule is CNc1ccc(N2C(=O)Cc3cc(OC)c(OCc4ccncc4)cc3C2c2ccc(Cl)cc2)cc1. The number of halogens is 1. The second kappa shape index (κ2) is 10.3. The molecule has 1 N–H and O–H groups in total. The number of benzene rings is 3. The van der Waals surface area contributed by atoms with E-state index in [2.05, 4.69) is 10.3 Å². The number of rotatable bonds is 7. The molecule has 1 atom stereocenters. The third-order valence-corrected chi connectivity index (χ3v) is 6.60. The molecule has 182 valence electrons. The van der Waals surface area contributed by atoms with E-state index in [1.807, 2.05) is 84.7 Å². The smallest absolute Gasteiger partial charge is 0.232 e. The molecule has 1 unspecified atom stereocenters. The third kappa shape index (κ3) is 4.72. The number of methoxy groups -OCH3 is 1. The fourth-order valence-corrected chi connectivity index (χ4v) is 4.65. The summed E-state index contributed by atoms with van der Waals surface area (Å²) in [4.78, 5) is 19.5. The van der Waals surface area contributed by atoms with Crippen LogP contribution in [0.4, 0.5) is 11.4 Å². The van der Waals surface area contributed by atoms with Gasteiger partial charge in [0.1, 0.15) is 6.61 Å². The molecule has 5 rings (SSSR count). The van der Waals surface area contributed by atoms with Crippen LogP contribution in [0.25, 0.3) is 0 Å². The topological polar surface area (TPSA) is 63.7 Å². The number of nitrogens with zero attached hydrogens (tertiary/aromatic N) is 2. The Bertz CT molecular complexity index is 1360. The maximum Gasteiger partial charge on any atom is 0.232 e. The standard InChI is InChI=1S/C29H26ClN3O3/c1-31-23-7-9-24(10-8-23)33-28(34)16-21-15-26(35-2)27(36-18-19-11-13-32-14-12-19)17-25(21)29(33)20-3-5-22(30)6-4-20/h3-15,17,29,31H,16,18H2,1-2H3. The van der Waals surface area contributed by atoms with Crippen molar-refractivity contribution in [3.63, 3.8) is 0 Å². The Morgan fingerprint density at radius 2 is 1.72 bits per heavy atom. The first kappa shape index (κ1) is 23.7. The van der Waals surface area contributed by atoms with E-state index in [4.69, 9.17) is 21.1 Å². The molecular formula is C29H26ClN3O3. The van der Waals surface area contributed by atoms with Crippen molar-refractivity contribution >= 4 is 28.9 Å². The average molecular weight is 500 g/mol. The van der Waals surface area contributed by atoms with Crippen molar-refractivity contribution in [1.82, 2.24) is 4.98 Å². The first-order valence-electron chi connectivity index (χ1n) is 11.6. The first-order chi connectivity index (χ1) is 17.6. The zero-order chi connectivity index (χ0) is 25.1. The van der Waals surface area contributed by atoms with E-state index < -0.39 is 0 Å². The molecule has 1 aromatic heterocycles. The molecule has 3 aromatic carbocycles. The molecule has 0 saturated carbocycles. The van der Waals surface area contributed by atoms with E-state index in [0.29, 0.717) is 23.1 Å². The summed E-state index contributed by atoms with van der Waals surface area (Å²) >= 11 is 6.20. The van der Waals surface area contributed by atoms with Crippen LogP contribution in [0.1, 0.15) is 28.3 Å². The molecular weight excluding hydrogens is 474 g/mol. The van der Waals surface area contributed by atoms with E-state index in [-0.39, 0.29) is 18.4 Å². The van der Waals surface area contributed by atoms with Gasteiger partial charge in [-0.1, -0.05) is 23.7 Å². The minimum absolute atomic E-state index is 0.00663. The predicted octanol–water partition coefficient (Wildman–Crippen LogP) is 6.04. The van der Waals surface area contributed by atoms with E-state index in [1.165, 1.54) is 0 Å². The van der Waals surface area contributed by atoms with Crippen molar-refractivity contribution in [1.29, 1.82) is 0 Å². The number of carbonyl (C=O) groups is 1. The van der Waals surface area contributed by atoms with Gasteiger partial charge in [-0.15, -0.1) is 0 Å². The summed E-state index contributed by atoms with van der Waals surface area (Å²) in [5.41, 5.74) is 5.65. The number of aromatic nitrogens is 1. The second-order valence-corrected chi connectivity index (χ2v) is 8.97. The number of amides is 1. The zero-order valence-corrected chi connectivity index (χ0v) is 20.8. The fourth-order valence-electron chi connectivity index (χ4n) is 4.52. The Kier molecular flexibility index (Phi) is 6.78. The number of fused-ring (bicyclic) bond motifs is 1. The minimum Gasteiger partial charge on any atom is -0.493 e. The molecule has 36 heavy (non-hydrogen) atoms. The number of nitrogens with one attached hydrogen (secondary N) is 1. The van der Waals surface area contributed by atoms with Crippen molar-refractivity contribution < 1.29 is 14.3 Å². The number of hydrogen-bond acceptors (Lipinski definition) is 5. The molecule has 1 aliphatic rings. The van der Waals surface area contributed by atoms with Gasteiger partial charge < -0.3 is 19.7 Å². The van der Waals surface area contributed by atoms with E-state index in [9.17, 15) is 4.79 Å². The Morgan fingerprint density at radius 1 is 1.00 bits per heavy atom. The maximum atomic E-state index is 13.6. The van der Waals surface area contributed by atoms with Crippen molar-refractivity contribution in [2.75, 3.05) is 24.4 Å². The van der Waals surface area contributed by atoms with Gasteiger partial charge in [0, 0.05) is 35.8 Å². The van der Waals surface area contributed by atoms with Crippen LogP contribution >= 0.6 is 11.6 Å². The average Bonchev–Trinajstić information content (AvgIpc) is 2.92. The van der Waals surface area contributed by atoms with Gasteiger partial charge in [0.2, 0.25) is 5.91 Å². The molecule has 7 heteroatoms. The molecule has 0 radical (unpaired) electrons. The minimum atomic E-state index is -0.354. The zero-order valence-electron chi connectivity index (χ0n) is 20.1. The number of ether oxygens (including phenoxy) is 2. The van der Waals surface area contributed by atoms with Gasteiger partial charge in [0.25, 0.3) is 0 Å². The highest BCUT2D eigenvalue weighted by molar-refractivity contribution is 6.30. The number of hydrogen-bond donors (Lipinski definition) is 1. The van der Waals surface area contributed by atoms with Crippen LogP contribution in [0.15, 0.2) is 85.2 Å². The third-order valence-electron chi connectivity index (χ3n) is 6.35. The summed E-state index contributed by atoms with van der Waals surface area (Å²) in [6, 6.07) is 22.9. The summed E-state index contributed by atoms with van der Waals surface area (Å²) in [5, 5.41) is 3.77. The molecule has 4 aromatic rings. The van der Waals surface area contributed by atoms with Gasteiger partial charge in [-0.05, 0) is 82.9 Å². The highest BCUT2D eigenvalue weighted by Gasteiger charge is 2.36. The summed E-state index contributed by atoms with van der Waals surface area (Å²) in [5.74, 6) is 1.22. The van der Waals surface area contributed by atoms with Gasteiger partial charge in [0.05, 0.1) is 19.6 Å². The van der Waals surface area contributed by atoms with Crippen LogP contribution in [0.2, 0.25) is 5.02 Å². The Morgan fingerprint density at radius 3 is 2.39 bits per heavy atom. The molecule has 0 fully saturated rings. The van der Waals surface area contributed by atoms with Crippen LogP contribution in [-0.2, 0) is 17.8 Å². The van der Waals surface area contributed by atoms with Crippen LogP contribution in [0.3, 0.4) is 0 Å². The van der Waals surface area contributed by atoms with Gasteiger partial charge >= 0.3 is 0 Å². The molecule has 0 bridgehead atoms. The van der Waals surface area contributed by atoms with Gasteiger partial charge in [-0.3, -0.25) is 9.78 Å². The van der Waals surface area contributed by atoms with Gasteiger partial charge in [-0.2, -0.15) is 0 Å². The molecule has 0 aliphatic carbocycles. The highest BCUT2D eigenvalue weighted by atomic mass is 35.5. The number of anilines is 2. The Hall–Kier alpha value is -4.03. The van der Waals surface area contributed by atoms with Crippen molar-refractivity contribution in [3.8, 4) is 11.5 Å². The summed E-state index contributed by atoms with van der Waals surface area (Å²) < 4.78 is 11.8. The second-order valence-electron chi connectivity index (χ2n) is 8.54. The van der Waals surface area contributed by atoms with E-state index in [0.717, 1.165) is 33.6 Å². The molecule has 1 amide bonds. The Balaban J connectivity index is 1.61. The van der Waals surface area contributed by atoms with Crippen LogP contribution in [0, 0.1) is 0 Å². The predicted molar refractivity (Wildman–Crippen MR) is 142 cm³/mol. The molecule has 0 saturated heterocycles. The monoisotopic (exact) mass is 499 g/mol. The first-order valence-corrected chi connectivity index (χ1v) is 12.0. The normalized spacial score (nSPS) is 14.8. The molecule has 6 nitrogen and oxygen atoms in total. The van der Waals surface area contributed by atoms with Crippen molar-refractivity contribution in [3.05, 3.63) is 112 Å². The van der Waals surface area contributed by atoms with E-state index in [1.54, 1.807) is 19.5 Å². The number of carbonyl (C=O) groups excluding carboxylic acids is 1. The quantitative estimate of drug-likeness (QED) is 0.335. The lowest BCUT2D eigenvalue weighted by atomic mass is 9.87. The number of pyridine rings is 1. The summed E-state index contributed by atoms with van der Waals surface area (Å²) in [7, 11) is 3.48. The molecule has 1 aliphatic heterocycles. The van der Waals surface area contributed by atoms with Crippen LogP contribution < -0.4 is 19.7 Å². The lowest BCUT2D eigenvalue weighted by molar-refractivity contribution is -0.118. The van der Waals surface area contributed by atoms with E-state index >= 15 is 0 Å². The van der Waals surface area contributed by atoms with Crippen LogP contribution in [0.5, 0.6) is 11.5 Å².